The van der Waals surface area contributed by atoms with Crippen LogP contribution in [0.1, 0.15) is 13.3 Å². The van der Waals surface area contributed by atoms with E-state index in [1.54, 1.807) is 0 Å². The van der Waals surface area contributed by atoms with Gasteiger partial charge in [-0.2, -0.15) is 0 Å². The highest BCUT2D eigenvalue weighted by atomic mass is 35.6. The maximum Gasteiger partial charge on any atom is 0.198 e. The van der Waals surface area contributed by atoms with Crippen molar-refractivity contribution in [3.05, 3.63) is 0 Å². The van der Waals surface area contributed by atoms with Crippen LogP contribution in [-0.4, -0.2) is 15.5 Å². The van der Waals surface area contributed by atoms with E-state index in [4.69, 9.17) is 51.8 Å². The van der Waals surface area contributed by atoms with Gasteiger partial charge in [-0.3, -0.25) is 0 Å². The van der Waals surface area contributed by atoms with Crippen LogP contribution in [0.4, 0.5) is 0 Å². The lowest BCUT2D eigenvalue weighted by atomic mass is 10.5. The van der Waals surface area contributed by atoms with Crippen molar-refractivity contribution in [2.24, 2.45) is 0 Å². The lowest BCUT2D eigenvalue weighted by molar-refractivity contribution is 0.327. The molecule has 0 aromatic heterocycles. The van der Waals surface area contributed by atoms with Gasteiger partial charge in [0, 0.05) is 0 Å². The third kappa shape index (κ3) is 6.87. The molecule has 0 aliphatic heterocycles. The largest absolute Gasteiger partial charge is 0.487 e. The number of ether oxygens (including phenoxy) is 1. The van der Waals surface area contributed by atoms with Crippen molar-refractivity contribution in [1.29, 1.82) is 0 Å². The van der Waals surface area contributed by atoms with E-state index in [0.717, 1.165) is 0 Å². The highest BCUT2D eigenvalue weighted by Gasteiger charge is 2.22. The normalized spacial score (nSPS) is 11.2. The molecule has 0 heterocycles. The van der Waals surface area contributed by atoms with E-state index in [2.05, 4.69) is 0 Å². The van der Waals surface area contributed by atoms with Crippen molar-refractivity contribution in [2.75, 3.05) is 6.61 Å². The third-order valence-electron chi connectivity index (χ3n) is 0.650. The molecule has 0 aromatic rings. The fourth-order valence-electron chi connectivity index (χ4n) is 0.376. The molecule has 0 spiro atoms. The van der Waals surface area contributed by atoms with Gasteiger partial charge in [-0.05, 0) is 19.1 Å². The Bertz CT molecular complexity index is 121. The van der Waals surface area contributed by atoms with Crippen LogP contribution >= 0.6 is 47.0 Å². The fourth-order valence-corrected chi connectivity index (χ4v) is 1.31. The second-order valence-corrected chi connectivity index (χ2v) is 4.57. The Morgan fingerprint density at radius 3 is 2.30 bits per heavy atom. The second kappa shape index (κ2) is 4.60. The molecule has 0 saturated carbocycles. The molecule has 0 aliphatic rings. The number of rotatable bonds is 2. The maximum atomic E-state index is 5.43. The van der Waals surface area contributed by atoms with Gasteiger partial charge in [0.05, 0.1) is 13.0 Å². The Morgan fingerprint density at radius 1 is 1.50 bits per heavy atom. The average molecular weight is 222 g/mol. The number of alkyl halides is 3. The molecule has 0 aliphatic carbocycles. The van der Waals surface area contributed by atoms with E-state index in [0.29, 0.717) is 11.7 Å². The molecule has 0 atom stereocenters. The Balaban J connectivity index is 3.58. The highest BCUT2D eigenvalue weighted by Crippen LogP contribution is 2.30. The van der Waals surface area contributed by atoms with Crippen LogP contribution in [-0.2, 0) is 4.74 Å². The first-order valence-electron chi connectivity index (χ1n) is 2.68. The van der Waals surface area contributed by atoms with Crippen molar-refractivity contribution < 1.29 is 4.74 Å². The summed E-state index contributed by atoms with van der Waals surface area (Å²) < 4.78 is 3.57. The van der Waals surface area contributed by atoms with Crippen LogP contribution in [0.2, 0.25) is 0 Å². The number of thiocarbonyl (C=S) groups is 1. The van der Waals surface area contributed by atoms with Crippen molar-refractivity contribution in [1.82, 2.24) is 0 Å². The molecular formula is C5H7Cl3OS. The van der Waals surface area contributed by atoms with Gasteiger partial charge in [-0.25, -0.2) is 0 Å². The van der Waals surface area contributed by atoms with Crippen LogP contribution in [0.15, 0.2) is 0 Å². The van der Waals surface area contributed by atoms with Crippen LogP contribution in [0.25, 0.3) is 0 Å². The Labute approximate surface area is 80.6 Å². The summed E-state index contributed by atoms with van der Waals surface area (Å²) in [7, 11) is 0. The monoisotopic (exact) mass is 220 g/mol. The van der Waals surface area contributed by atoms with Gasteiger partial charge >= 0.3 is 0 Å². The topological polar surface area (TPSA) is 9.23 Å². The predicted molar refractivity (Wildman–Crippen MR) is 49.1 cm³/mol. The minimum Gasteiger partial charge on any atom is -0.487 e. The summed E-state index contributed by atoms with van der Waals surface area (Å²) in [4.78, 5) is 0. The first-order chi connectivity index (χ1) is 4.45. The molecule has 1 nitrogen and oxygen atoms in total. The quantitative estimate of drug-likeness (QED) is 0.523. The zero-order chi connectivity index (χ0) is 8.20. The molecule has 0 fully saturated rings. The average Bonchev–Trinajstić information content (AvgIpc) is 1.59. The lowest BCUT2D eigenvalue weighted by Gasteiger charge is -2.10. The number of hydrogen-bond acceptors (Lipinski definition) is 2. The van der Waals surface area contributed by atoms with Crippen molar-refractivity contribution >= 4 is 52.1 Å². The number of halogens is 3. The minimum atomic E-state index is -1.33. The lowest BCUT2D eigenvalue weighted by Crippen LogP contribution is -2.12. The van der Waals surface area contributed by atoms with E-state index >= 15 is 0 Å². The Kier molecular flexibility index (Phi) is 4.95. The summed E-state index contributed by atoms with van der Waals surface area (Å²) in [5.74, 6) is 0. The van der Waals surface area contributed by atoms with Gasteiger partial charge in [0.25, 0.3) is 0 Å². The van der Waals surface area contributed by atoms with Crippen molar-refractivity contribution in [2.45, 2.75) is 17.1 Å². The first-order valence-corrected chi connectivity index (χ1v) is 4.22. The zero-order valence-corrected chi connectivity index (χ0v) is 8.45. The summed E-state index contributed by atoms with van der Waals surface area (Å²) in [6, 6.07) is 0. The van der Waals surface area contributed by atoms with Gasteiger partial charge in [-0.15, -0.1) is 0 Å². The fraction of sp³-hybridized carbons (Fsp3) is 0.800. The molecule has 0 radical (unpaired) electrons. The molecule has 0 bridgehead atoms. The summed E-state index contributed by atoms with van der Waals surface area (Å²) in [6.45, 7) is 2.34. The molecule has 0 unspecified atom stereocenters. The molecule has 0 rings (SSSR count). The molecule has 0 saturated heterocycles. The molecular weight excluding hydrogens is 214 g/mol. The zero-order valence-electron chi connectivity index (χ0n) is 5.36. The van der Waals surface area contributed by atoms with Gasteiger partial charge in [0.2, 0.25) is 0 Å². The van der Waals surface area contributed by atoms with Gasteiger partial charge in [-0.1, -0.05) is 34.8 Å². The maximum absolute atomic E-state index is 5.43. The Hall–Kier alpha value is 0.760. The highest BCUT2D eigenvalue weighted by molar-refractivity contribution is 7.80. The molecule has 60 valence electrons. The van der Waals surface area contributed by atoms with Gasteiger partial charge < -0.3 is 4.74 Å². The van der Waals surface area contributed by atoms with E-state index in [1.807, 2.05) is 6.92 Å². The van der Waals surface area contributed by atoms with E-state index in [1.165, 1.54) is 0 Å². The minimum absolute atomic E-state index is 0.168. The van der Waals surface area contributed by atoms with Crippen LogP contribution in [0.5, 0.6) is 0 Å². The van der Waals surface area contributed by atoms with Crippen LogP contribution in [0, 0.1) is 0 Å². The van der Waals surface area contributed by atoms with E-state index in [-0.39, 0.29) is 6.42 Å². The number of hydrogen-bond donors (Lipinski definition) is 0. The smallest absolute Gasteiger partial charge is 0.198 e. The summed E-state index contributed by atoms with van der Waals surface area (Å²) in [6.07, 6.45) is 0.168. The van der Waals surface area contributed by atoms with E-state index < -0.39 is 3.79 Å². The summed E-state index contributed by atoms with van der Waals surface area (Å²) in [5, 5.41) is 0.336. The molecule has 0 N–H and O–H groups in total. The second-order valence-electron chi connectivity index (χ2n) is 1.60. The first kappa shape index (κ1) is 10.8. The Morgan fingerprint density at radius 2 is 2.00 bits per heavy atom. The van der Waals surface area contributed by atoms with Crippen molar-refractivity contribution in [3.63, 3.8) is 0 Å². The molecule has 10 heavy (non-hydrogen) atoms. The predicted octanol–water partition coefficient (Wildman–Crippen LogP) is 3.11. The standard InChI is InChI=1S/C5H7Cl3OS/c1-2-9-4(10)3-5(6,7)8/h2-3H2,1H3. The van der Waals surface area contributed by atoms with Crippen LogP contribution in [0.3, 0.4) is 0 Å². The molecule has 5 heteroatoms. The van der Waals surface area contributed by atoms with Gasteiger partial charge in [0.1, 0.15) is 0 Å². The summed E-state index contributed by atoms with van der Waals surface area (Å²) in [5.41, 5.74) is 0. The van der Waals surface area contributed by atoms with E-state index in [9.17, 15) is 0 Å². The van der Waals surface area contributed by atoms with Crippen LogP contribution < -0.4 is 0 Å². The summed E-state index contributed by atoms with van der Waals surface area (Å²) >= 11 is 21.0. The van der Waals surface area contributed by atoms with Gasteiger partial charge in [0.15, 0.2) is 8.84 Å². The molecule has 0 aromatic carbocycles. The molecule has 0 amide bonds. The SMILES string of the molecule is CCOC(=S)CC(Cl)(Cl)Cl. The third-order valence-corrected chi connectivity index (χ3v) is 1.31. The van der Waals surface area contributed by atoms with Crippen molar-refractivity contribution in [3.8, 4) is 0 Å².